The van der Waals surface area contributed by atoms with E-state index in [0.717, 1.165) is 39.8 Å². The van der Waals surface area contributed by atoms with E-state index in [2.05, 4.69) is 25.9 Å². The van der Waals surface area contributed by atoms with Crippen LogP contribution in [0.15, 0.2) is 16.6 Å². The Hall–Kier alpha value is -1.40. The van der Waals surface area contributed by atoms with Crippen molar-refractivity contribution in [2.75, 3.05) is 18.9 Å². The molecule has 0 bridgehead atoms. The summed E-state index contributed by atoms with van der Waals surface area (Å²) in [5, 5.41) is 0.942. The minimum Gasteiger partial charge on any atom is -0.486 e. The molecule has 6 heteroatoms. The molecule has 2 aromatic rings. The molecule has 0 amide bonds. The summed E-state index contributed by atoms with van der Waals surface area (Å²) in [7, 11) is 0. The van der Waals surface area contributed by atoms with Crippen molar-refractivity contribution in [3.8, 4) is 5.75 Å². The Kier molecular flexibility index (Phi) is 3.28. The molecule has 1 fully saturated rings. The van der Waals surface area contributed by atoms with Crippen LogP contribution in [0.1, 0.15) is 12.1 Å². The van der Waals surface area contributed by atoms with Crippen molar-refractivity contribution in [1.29, 1.82) is 0 Å². The molecule has 0 unspecified atom stereocenters. The van der Waals surface area contributed by atoms with Crippen molar-refractivity contribution < 1.29 is 9.47 Å². The summed E-state index contributed by atoms with van der Waals surface area (Å²) in [6.45, 7) is 3.27. The number of benzene rings is 1. The van der Waals surface area contributed by atoms with Crippen LogP contribution in [-0.2, 0) is 4.74 Å². The highest BCUT2D eigenvalue weighted by Crippen LogP contribution is 2.32. The Labute approximate surface area is 119 Å². The third-order valence-corrected chi connectivity index (χ3v) is 3.58. The first-order valence-corrected chi connectivity index (χ1v) is 6.90. The van der Waals surface area contributed by atoms with Crippen molar-refractivity contribution in [3.05, 3.63) is 22.3 Å². The Morgan fingerprint density at radius 1 is 1.42 bits per heavy atom. The van der Waals surface area contributed by atoms with E-state index in [9.17, 15) is 0 Å². The van der Waals surface area contributed by atoms with Crippen LogP contribution >= 0.6 is 15.9 Å². The van der Waals surface area contributed by atoms with Gasteiger partial charge in [-0.15, -0.1) is 0 Å². The number of fused-ring (bicyclic) bond motifs is 1. The minimum absolute atomic E-state index is 0.0778. The average molecular weight is 324 g/mol. The second-order valence-corrected chi connectivity index (χ2v) is 5.49. The molecular formula is C13H14BrN3O2. The second kappa shape index (κ2) is 4.94. The predicted molar refractivity (Wildman–Crippen MR) is 76.2 cm³/mol. The lowest BCUT2D eigenvalue weighted by Gasteiger charge is -2.14. The Bertz CT molecular complexity index is 627. The lowest BCUT2D eigenvalue weighted by Crippen LogP contribution is -2.16. The quantitative estimate of drug-likeness (QED) is 0.919. The van der Waals surface area contributed by atoms with E-state index in [1.54, 1.807) is 0 Å². The molecule has 0 saturated carbocycles. The topological polar surface area (TPSA) is 70.3 Å². The number of ether oxygens (including phenoxy) is 2. The van der Waals surface area contributed by atoms with Crippen molar-refractivity contribution in [1.82, 2.24) is 9.97 Å². The van der Waals surface area contributed by atoms with Crippen molar-refractivity contribution in [2.24, 2.45) is 0 Å². The van der Waals surface area contributed by atoms with Gasteiger partial charge in [0, 0.05) is 16.3 Å². The fraction of sp³-hybridized carbons (Fsp3) is 0.385. The number of hydrogen-bond donors (Lipinski definition) is 1. The molecular weight excluding hydrogens is 310 g/mol. The van der Waals surface area contributed by atoms with E-state index in [4.69, 9.17) is 15.2 Å². The van der Waals surface area contributed by atoms with Gasteiger partial charge in [-0.1, -0.05) is 15.9 Å². The highest BCUT2D eigenvalue weighted by Gasteiger charge is 2.19. The minimum atomic E-state index is 0.0778. The van der Waals surface area contributed by atoms with Gasteiger partial charge in [0.2, 0.25) is 5.95 Å². The van der Waals surface area contributed by atoms with Crippen LogP contribution in [0.3, 0.4) is 0 Å². The zero-order valence-corrected chi connectivity index (χ0v) is 12.1. The van der Waals surface area contributed by atoms with Crippen molar-refractivity contribution in [2.45, 2.75) is 19.4 Å². The van der Waals surface area contributed by atoms with Gasteiger partial charge in [0.05, 0.1) is 18.9 Å². The Morgan fingerprint density at radius 3 is 3.00 bits per heavy atom. The fourth-order valence-corrected chi connectivity index (χ4v) is 2.65. The van der Waals surface area contributed by atoms with E-state index >= 15 is 0 Å². The summed E-state index contributed by atoms with van der Waals surface area (Å²) >= 11 is 3.49. The second-order valence-electron chi connectivity index (χ2n) is 4.57. The number of aromatic nitrogens is 2. The summed E-state index contributed by atoms with van der Waals surface area (Å²) < 4.78 is 12.2. The molecule has 2 heterocycles. The first kappa shape index (κ1) is 12.6. The van der Waals surface area contributed by atoms with Crippen LogP contribution in [0, 0.1) is 6.92 Å². The van der Waals surface area contributed by atoms with Crippen molar-refractivity contribution in [3.63, 3.8) is 0 Å². The number of anilines is 1. The number of aryl methyl sites for hydroxylation is 1. The first-order valence-electron chi connectivity index (χ1n) is 6.11. The highest BCUT2D eigenvalue weighted by atomic mass is 79.9. The molecule has 0 spiro atoms. The molecule has 1 aromatic heterocycles. The molecule has 1 aromatic carbocycles. The standard InChI is InChI=1S/C13H14BrN3O2/c1-7-10-4-8(14)5-11(12(10)17-13(15)16-7)19-9-2-3-18-6-9/h4-5,9H,2-3,6H2,1H3,(H2,15,16,17)/t9-/m1/s1. The molecule has 3 rings (SSSR count). The molecule has 0 radical (unpaired) electrons. The number of nitrogens with zero attached hydrogens (tertiary/aromatic N) is 2. The van der Waals surface area contributed by atoms with Gasteiger partial charge in [-0.25, -0.2) is 9.97 Å². The van der Waals surface area contributed by atoms with Crippen LogP contribution in [0.5, 0.6) is 5.75 Å². The largest absolute Gasteiger partial charge is 0.486 e. The van der Waals surface area contributed by atoms with Gasteiger partial charge in [-0.05, 0) is 19.1 Å². The molecule has 1 aliphatic heterocycles. The average Bonchev–Trinajstić information content (AvgIpc) is 2.83. The molecule has 1 atom stereocenters. The number of rotatable bonds is 2. The zero-order chi connectivity index (χ0) is 13.4. The molecule has 1 saturated heterocycles. The summed E-state index contributed by atoms with van der Waals surface area (Å²) in [6, 6.07) is 3.88. The summed E-state index contributed by atoms with van der Waals surface area (Å²) in [4.78, 5) is 8.48. The highest BCUT2D eigenvalue weighted by molar-refractivity contribution is 9.10. The zero-order valence-electron chi connectivity index (χ0n) is 10.5. The maximum Gasteiger partial charge on any atom is 0.220 e. The van der Waals surface area contributed by atoms with Gasteiger partial charge in [-0.2, -0.15) is 0 Å². The normalized spacial score (nSPS) is 18.9. The summed E-state index contributed by atoms with van der Waals surface area (Å²) in [5.41, 5.74) is 7.32. The number of hydrogen-bond acceptors (Lipinski definition) is 5. The van der Waals surface area contributed by atoms with Gasteiger partial charge in [0.25, 0.3) is 0 Å². The van der Waals surface area contributed by atoms with Crippen LogP contribution in [0.25, 0.3) is 10.9 Å². The maximum atomic E-state index is 5.98. The van der Waals surface area contributed by atoms with Gasteiger partial charge in [-0.3, -0.25) is 0 Å². The van der Waals surface area contributed by atoms with E-state index in [1.165, 1.54) is 0 Å². The van der Waals surface area contributed by atoms with Gasteiger partial charge in [0.1, 0.15) is 17.4 Å². The Morgan fingerprint density at radius 2 is 2.26 bits per heavy atom. The van der Waals surface area contributed by atoms with Gasteiger partial charge >= 0.3 is 0 Å². The first-order chi connectivity index (χ1) is 9.13. The molecule has 100 valence electrons. The van der Waals surface area contributed by atoms with Crippen LogP contribution in [0.2, 0.25) is 0 Å². The van der Waals surface area contributed by atoms with E-state index in [0.29, 0.717) is 6.61 Å². The lowest BCUT2D eigenvalue weighted by molar-refractivity contribution is 0.142. The smallest absolute Gasteiger partial charge is 0.220 e. The maximum absolute atomic E-state index is 5.98. The van der Waals surface area contributed by atoms with Crippen LogP contribution < -0.4 is 10.5 Å². The molecule has 19 heavy (non-hydrogen) atoms. The van der Waals surface area contributed by atoms with Crippen molar-refractivity contribution >= 4 is 32.8 Å². The Balaban J connectivity index is 2.11. The molecule has 0 aliphatic carbocycles. The molecule has 1 aliphatic rings. The lowest BCUT2D eigenvalue weighted by atomic mass is 10.2. The van der Waals surface area contributed by atoms with Gasteiger partial charge in [0.15, 0.2) is 0 Å². The monoisotopic (exact) mass is 323 g/mol. The summed E-state index contributed by atoms with van der Waals surface area (Å²) in [6.07, 6.45) is 0.974. The SMILES string of the molecule is Cc1nc(N)nc2c(O[C@@H]3CCOC3)cc(Br)cc12. The molecule has 5 nitrogen and oxygen atoms in total. The summed E-state index contributed by atoms with van der Waals surface area (Å²) in [5.74, 6) is 0.983. The fourth-order valence-electron chi connectivity index (χ4n) is 2.21. The predicted octanol–water partition coefficient (Wildman–Crippen LogP) is 2.45. The van der Waals surface area contributed by atoms with Crippen LogP contribution in [-0.4, -0.2) is 29.3 Å². The number of halogens is 1. The molecule has 2 N–H and O–H groups in total. The number of nitrogens with two attached hydrogens (primary N) is 1. The third-order valence-electron chi connectivity index (χ3n) is 3.12. The van der Waals surface area contributed by atoms with Crippen LogP contribution in [0.4, 0.5) is 5.95 Å². The number of nitrogen functional groups attached to an aromatic ring is 1. The van der Waals surface area contributed by atoms with E-state index in [-0.39, 0.29) is 12.1 Å². The van der Waals surface area contributed by atoms with Gasteiger partial charge < -0.3 is 15.2 Å². The van der Waals surface area contributed by atoms with E-state index in [1.807, 2.05) is 19.1 Å². The third kappa shape index (κ3) is 2.50. The van der Waals surface area contributed by atoms with E-state index < -0.39 is 0 Å².